The molecule has 3 aromatic rings. The summed E-state index contributed by atoms with van der Waals surface area (Å²) in [6.07, 6.45) is 0.0622. The van der Waals surface area contributed by atoms with Crippen LogP contribution in [0.5, 0.6) is 0 Å². The number of hydrogen-bond donors (Lipinski definition) is 0. The summed E-state index contributed by atoms with van der Waals surface area (Å²) in [6.45, 7) is 3.52. The SMILES string of the molecule is Cc1oc(-c2ccccc2)nc1CC(=O)N(C)C(C)c1ccc(F)c(F)c1. The third-order valence-corrected chi connectivity index (χ3v) is 4.63. The number of halogens is 2. The van der Waals surface area contributed by atoms with Gasteiger partial charge in [-0.3, -0.25) is 4.79 Å². The summed E-state index contributed by atoms with van der Waals surface area (Å²) in [7, 11) is 1.63. The number of benzene rings is 2. The zero-order chi connectivity index (χ0) is 19.6. The second-order valence-corrected chi connectivity index (χ2v) is 6.42. The van der Waals surface area contributed by atoms with Crippen molar-refractivity contribution in [3.63, 3.8) is 0 Å². The molecule has 1 atom stereocenters. The van der Waals surface area contributed by atoms with Crippen molar-refractivity contribution in [2.75, 3.05) is 7.05 Å². The Morgan fingerprint density at radius 2 is 1.85 bits per heavy atom. The van der Waals surface area contributed by atoms with E-state index >= 15 is 0 Å². The first-order valence-corrected chi connectivity index (χ1v) is 8.59. The lowest BCUT2D eigenvalue weighted by Gasteiger charge is -2.25. The van der Waals surface area contributed by atoms with Gasteiger partial charge in [0.1, 0.15) is 5.76 Å². The second kappa shape index (κ2) is 7.70. The Kier molecular flexibility index (Phi) is 5.35. The number of likely N-dealkylation sites (N-methyl/N-ethyl adjacent to an activating group) is 1. The number of hydrogen-bond acceptors (Lipinski definition) is 3. The maximum absolute atomic E-state index is 13.5. The highest BCUT2D eigenvalue weighted by molar-refractivity contribution is 5.79. The topological polar surface area (TPSA) is 46.3 Å². The maximum Gasteiger partial charge on any atom is 0.228 e. The van der Waals surface area contributed by atoms with Gasteiger partial charge in [-0.1, -0.05) is 24.3 Å². The Morgan fingerprint density at radius 3 is 2.52 bits per heavy atom. The molecule has 0 saturated heterocycles. The molecule has 0 N–H and O–H groups in total. The number of carbonyl (C=O) groups is 1. The molecule has 0 aliphatic heterocycles. The van der Waals surface area contributed by atoms with Crippen molar-refractivity contribution in [1.29, 1.82) is 0 Å². The number of amides is 1. The number of rotatable bonds is 5. The van der Waals surface area contributed by atoms with Gasteiger partial charge in [-0.25, -0.2) is 13.8 Å². The fourth-order valence-corrected chi connectivity index (χ4v) is 2.78. The maximum atomic E-state index is 13.5. The van der Waals surface area contributed by atoms with Crippen LogP contribution in [0.25, 0.3) is 11.5 Å². The average molecular weight is 370 g/mol. The molecular formula is C21H20F2N2O2. The van der Waals surface area contributed by atoms with E-state index in [1.165, 1.54) is 11.0 Å². The summed E-state index contributed by atoms with van der Waals surface area (Å²) in [5.41, 5.74) is 1.91. The van der Waals surface area contributed by atoms with Crippen LogP contribution in [0.2, 0.25) is 0 Å². The number of nitrogens with zero attached hydrogens (tertiary/aromatic N) is 2. The first-order valence-electron chi connectivity index (χ1n) is 8.59. The van der Waals surface area contributed by atoms with Gasteiger partial charge in [0, 0.05) is 12.6 Å². The van der Waals surface area contributed by atoms with E-state index < -0.39 is 17.7 Å². The van der Waals surface area contributed by atoms with Gasteiger partial charge in [-0.05, 0) is 43.7 Å². The quantitative estimate of drug-likeness (QED) is 0.655. The number of carbonyl (C=O) groups excluding carboxylic acids is 1. The van der Waals surface area contributed by atoms with E-state index in [1.807, 2.05) is 30.3 Å². The first-order chi connectivity index (χ1) is 12.9. The van der Waals surface area contributed by atoms with Crippen LogP contribution < -0.4 is 0 Å². The fourth-order valence-electron chi connectivity index (χ4n) is 2.78. The number of oxazole rings is 1. The zero-order valence-electron chi connectivity index (χ0n) is 15.4. The zero-order valence-corrected chi connectivity index (χ0v) is 15.4. The smallest absolute Gasteiger partial charge is 0.228 e. The predicted molar refractivity (Wildman–Crippen MR) is 97.9 cm³/mol. The summed E-state index contributed by atoms with van der Waals surface area (Å²) in [5.74, 6) is -0.988. The lowest BCUT2D eigenvalue weighted by atomic mass is 10.1. The number of aromatic nitrogens is 1. The van der Waals surface area contributed by atoms with Crippen LogP contribution in [0, 0.1) is 18.6 Å². The molecule has 0 fully saturated rings. The van der Waals surface area contributed by atoms with Crippen LogP contribution in [-0.4, -0.2) is 22.8 Å². The van der Waals surface area contributed by atoms with Crippen LogP contribution in [0.4, 0.5) is 8.78 Å². The molecule has 1 amide bonds. The van der Waals surface area contributed by atoms with Crippen molar-refractivity contribution in [1.82, 2.24) is 9.88 Å². The molecule has 0 aliphatic carbocycles. The van der Waals surface area contributed by atoms with Crippen molar-refractivity contribution in [3.05, 3.63) is 77.2 Å². The number of aryl methyl sites for hydroxylation is 1. The third kappa shape index (κ3) is 4.05. The van der Waals surface area contributed by atoms with E-state index in [0.717, 1.165) is 17.7 Å². The molecule has 1 unspecified atom stereocenters. The molecule has 1 heterocycles. The Bertz CT molecular complexity index is 954. The standard InChI is InChI=1S/C21H20F2N2O2/c1-13(16-9-10-17(22)18(23)11-16)25(3)20(26)12-19-14(2)27-21(24-19)15-7-5-4-6-8-15/h4-11,13H,12H2,1-3H3. The van der Waals surface area contributed by atoms with Gasteiger partial charge in [0.25, 0.3) is 0 Å². The minimum absolute atomic E-state index is 0.0622. The lowest BCUT2D eigenvalue weighted by Crippen LogP contribution is -2.31. The molecule has 0 aliphatic rings. The van der Waals surface area contributed by atoms with E-state index in [1.54, 1.807) is 20.9 Å². The highest BCUT2D eigenvalue weighted by Gasteiger charge is 2.22. The minimum atomic E-state index is -0.931. The summed E-state index contributed by atoms with van der Waals surface area (Å²) in [5, 5.41) is 0. The molecular weight excluding hydrogens is 350 g/mol. The summed E-state index contributed by atoms with van der Waals surface area (Å²) in [6, 6.07) is 12.7. The Morgan fingerprint density at radius 1 is 1.15 bits per heavy atom. The molecule has 2 aromatic carbocycles. The van der Waals surface area contributed by atoms with Crippen molar-refractivity contribution < 1.29 is 18.0 Å². The van der Waals surface area contributed by atoms with Crippen molar-refractivity contribution in [2.24, 2.45) is 0 Å². The molecule has 0 bridgehead atoms. The Balaban J connectivity index is 1.74. The molecule has 0 spiro atoms. The lowest BCUT2D eigenvalue weighted by molar-refractivity contribution is -0.131. The summed E-state index contributed by atoms with van der Waals surface area (Å²) < 4.78 is 32.3. The van der Waals surface area contributed by atoms with E-state index in [0.29, 0.717) is 22.9 Å². The van der Waals surface area contributed by atoms with E-state index in [-0.39, 0.29) is 12.3 Å². The Hall–Kier alpha value is -3.02. The molecule has 0 radical (unpaired) electrons. The monoisotopic (exact) mass is 370 g/mol. The van der Waals surface area contributed by atoms with Crippen molar-refractivity contribution >= 4 is 5.91 Å². The fraction of sp³-hybridized carbons (Fsp3) is 0.238. The van der Waals surface area contributed by atoms with Gasteiger partial charge in [-0.2, -0.15) is 0 Å². The van der Waals surface area contributed by atoms with E-state index in [2.05, 4.69) is 4.98 Å². The van der Waals surface area contributed by atoms with E-state index in [9.17, 15) is 13.6 Å². The van der Waals surface area contributed by atoms with Crippen LogP contribution in [-0.2, 0) is 11.2 Å². The van der Waals surface area contributed by atoms with E-state index in [4.69, 9.17) is 4.42 Å². The molecule has 3 rings (SSSR count). The molecule has 4 nitrogen and oxygen atoms in total. The molecule has 140 valence electrons. The second-order valence-electron chi connectivity index (χ2n) is 6.42. The van der Waals surface area contributed by atoms with Gasteiger partial charge in [0.15, 0.2) is 11.6 Å². The summed E-state index contributed by atoms with van der Waals surface area (Å²) >= 11 is 0. The highest BCUT2D eigenvalue weighted by atomic mass is 19.2. The Labute approximate surface area is 156 Å². The van der Waals surface area contributed by atoms with Gasteiger partial charge < -0.3 is 9.32 Å². The van der Waals surface area contributed by atoms with Crippen molar-refractivity contribution in [2.45, 2.75) is 26.3 Å². The molecule has 27 heavy (non-hydrogen) atoms. The predicted octanol–water partition coefficient (Wildman–Crippen LogP) is 4.69. The molecule has 6 heteroatoms. The van der Waals surface area contributed by atoms with Gasteiger partial charge >= 0.3 is 0 Å². The molecule has 0 saturated carbocycles. The van der Waals surface area contributed by atoms with Gasteiger partial charge in [0.05, 0.1) is 18.2 Å². The average Bonchev–Trinajstić information content (AvgIpc) is 3.04. The van der Waals surface area contributed by atoms with Crippen molar-refractivity contribution in [3.8, 4) is 11.5 Å². The summed E-state index contributed by atoms with van der Waals surface area (Å²) in [4.78, 5) is 18.6. The highest BCUT2D eigenvalue weighted by Crippen LogP contribution is 2.24. The minimum Gasteiger partial charge on any atom is -0.441 e. The molecule has 1 aromatic heterocycles. The first kappa shape index (κ1) is 18.8. The van der Waals surface area contributed by atoms with Crippen LogP contribution in [0.1, 0.15) is 30.0 Å². The van der Waals surface area contributed by atoms with Crippen LogP contribution in [0.3, 0.4) is 0 Å². The van der Waals surface area contributed by atoms with Gasteiger partial charge in [-0.15, -0.1) is 0 Å². The normalized spacial score (nSPS) is 12.0. The largest absolute Gasteiger partial charge is 0.441 e. The van der Waals surface area contributed by atoms with Gasteiger partial charge in [0.2, 0.25) is 11.8 Å². The third-order valence-electron chi connectivity index (χ3n) is 4.63. The van der Waals surface area contributed by atoms with Crippen LogP contribution >= 0.6 is 0 Å². The van der Waals surface area contributed by atoms with Crippen LogP contribution in [0.15, 0.2) is 52.9 Å².